The van der Waals surface area contributed by atoms with Crippen molar-refractivity contribution in [1.82, 2.24) is 24.5 Å². The van der Waals surface area contributed by atoms with Gasteiger partial charge >= 0.3 is 0 Å². The number of rotatable bonds is 9. The van der Waals surface area contributed by atoms with Crippen molar-refractivity contribution in [2.24, 2.45) is 5.92 Å². The summed E-state index contributed by atoms with van der Waals surface area (Å²) >= 11 is 1.44. The summed E-state index contributed by atoms with van der Waals surface area (Å²) in [6, 6.07) is 1.93. The smallest absolute Gasteiger partial charge is 0.272 e. The summed E-state index contributed by atoms with van der Waals surface area (Å²) in [4.78, 5) is 24.7. The fraction of sp³-hybridized carbons (Fsp3) is 0.556. The van der Waals surface area contributed by atoms with E-state index in [1.54, 1.807) is 11.7 Å². The third-order valence-electron chi connectivity index (χ3n) is 4.26. The first kappa shape index (κ1) is 19.5. The maximum Gasteiger partial charge on any atom is 0.272 e. The van der Waals surface area contributed by atoms with Gasteiger partial charge in [0.2, 0.25) is 11.7 Å². The van der Waals surface area contributed by atoms with Gasteiger partial charge in [0.1, 0.15) is 10.5 Å². The van der Waals surface area contributed by atoms with Crippen LogP contribution >= 0.6 is 11.3 Å². The fourth-order valence-electron chi connectivity index (χ4n) is 3.06. The first-order valence-electron chi connectivity index (χ1n) is 9.12. The average molecular weight is 391 g/mol. The van der Waals surface area contributed by atoms with Crippen molar-refractivity contribution in [3.05, 3.63) is 27.6 Å². The zero-order valence-corrected chi connectivity index (χ0v) is 16.7. The monoisotopic (exact) mass is 391 g/mol. The molecule has 0 aliphatic heterocycles. The number of aromatic nitrogens is 4. The van der Waals surface area contributed by atoms with Crippen molar-refractivity contribution in [3.8, 4) is 0 Å². The highest BCUT2D eigenvalue weighted by molar-refractivity contribution is 7.17. The van der Waals surface area contributed by atoms with E-state index in [4.69, 9.17) is 4.74 Å². The van der Waals surface area contributed by atoms with Crippen LogP contribution in [-0.4, -0.2) is 45.3 Å². The molecule has 1 amide bonds. The Bertz CT molecular complexity index is 988. The lowest BCUT2D eigenvalue weighted by atomic mass is 10.2. The Labute approximate surface area is 161 Å². The van der Waals surface area contributed by atoms with Gasteiger partial charge in [-0.05, 0) is 23.8 Å². The number of hydrogen-bond acceptors (Lipinski definition) is 6. The first-order chi connectivity index (χ1) is 13.0. The highest BCUT2D eigenvalue weighted by Crippen LogP contribution is 2.21. The average Bonchev–Trinajstić information content (AvgIpc) is 3.25. The molecular formula is C18H25N5O3S. The van der Waals surface area contributed by atoms with Crippen LogP contribution in [0.15, 0.2) is 16.2 Å². The van der Waals surface area contributed by atoms with Gasteiger partial charge < -0.3 is 10.1 Å². The maximum atomic E-state index is 12.8. The van der Waals surface area contributed by atoms with E-state index < -0.39 is 0 Å². The molecule has 3 aromatic rings. The van der Waals surface area contributed by atoms with Gasteiger partial charge in [0.05, 0.1) is 12.1 Å². The van der Waals surface area contributed by atoms with Gasteiger partial charge in [0.25, 0.3) is 5.56 Å². The van der Waals surface area contributed by atoms with Gasteiger partial charge in [-0.3, -0.25) is 18.6 Å². The molecule has 0 saturated heterocycles. The van der Waals surface area contributed by atoms with Crippen molar-refractivity contribution >= 4 is 33.2 Å². The zero-order valence-electron chi connectivity index (χ0n) is 15.9. The summed E-state index contributed by atoms with van der Waals surface area (Å²) in [5.41, 5.74) is 0.822. The molecule has 3 heterocycles. The quantitative estimate of drug-likeness (QED) is 0.562. The number of methoxy groups -OCH3 is 1. The molecule has 146 valence electrons. The lowest BCUT2D eigenvalue weighted by Gasteiger charge is -2.11. The Hall–Kier alpha value is -2.26. The molecule has 1 N–H and O–H groups in total. The largest absolute Gasteiger partial charge is 0.383 e. The van der Waals surface area contributed by atoms with Gasteiger partial charge in [-0.15, -0.1) is 21.5 Å². The van der Waals surface area contributed by atoms with Crippen LogP contribution in [0.4, 0.5) is 0 Å². The summed E-state index contributed by atoms with van der Waals surface area (Å²) < 4.78 is 9.29. The highest BCUT2D eigenvalue weighted by atomic mass is 32.1. The summed E-state index contributed by atoms with van der Waals surface area (Å²) in [5, 5.41) is 13.3. The molecule has 27 heavy (non-hydrogen) atoms. The van der Waals surface area contributed by atoms with E-state index in [0.29, 0.717) is 55.4 Å². The van der Waals surface area contributed by atoms with Crippen LogP contribution in [0, 0.1) is 5.92 Å². The minimum atomic E-state index is -0.0160. The minimum absolute atomic E-state index is 0.00160. The minimum Gasteiger partial charge on any atom is -0.383 e. The number of nitrogens with zero attached hydrogens (tertiary/aromatic N) is 4. The van der Waals surface area contributed by atoms with Gasteiger partial charge in [0.15, 0.2) is 0 Å². The van der Waals surface area contributed by atoms with Crippen LogP contribution < -0.4 is 10.9 Å². The van der Waals surface area contributed by atoms with Crippen molar-refractivity contribution in [3.63, 3.8) is 0 Å². The highest BCUT2D eigenvalue weighted by Gasteiger charge is 2.18. The molecule has 0 saturated carbocycles. The Morgan fingerprint density at radius 3 is 2.93 bits per heavy atom. The Morgan fingerprint density at radius 2 is 2.19 bits per heavy atom. The van der Waals surface area contributed by atoms with Crippen molar-refractivity contribution in [2.75, 3.05) is 20.3 Å². The second kappa shape index (κ2) is 8.62. The number of thiophene rings is 1. The van der Waals surface area contributed by atoms with Crippen LogP contribution in [0.5, 0.6) is 0 Å². The van der Waals surface area contributed by atoms with Gasteiger partial charge in [0, 0.05) is 33.0 Å². The molecule has 0 aromatic carbocycles. The molecule has 0 radical (unpaired) electrons. The second-order valence-corrected chi connectivity index (χ2v) is 7.81. The molecule has 0 spiro atoms. The first-order valence-corrected chi connectivity index (χ1v) is 10.0. The lowest BCUT2D eigenvalue weighted by molar-refractivity contribution is -0.121. The van der Waals surface area contributed by atoms with Crippen LogP contribution in [0.25, 0.3) is 16.0 Å². The molecule has 0 atom stereocenters. The van der Waals surface area contributed by atoms with Crippen LogP contribution in [0.1, 0.15) is 32.5 Å². The molecular weight excluding hydrogens is 366 g/mol. The van der Waals surface area contributed by atoms with Gasteiger partial charge in [-0.25, -0.2) is 0 Å². The van der Waals surface area contributed by atoms with E-state index in [1.165, 1.54) is 11.3 Å². The second-order valence-electron chi connectivity index (χ2n) is 6.89. The van der Waals surface area contributed by atoms with E-state index >= 15 is 0 Å². The fourth-order valence-corrected chi connectivity index (χ4v) is 3.88. The normalized spacial score (nSPS) is 11.7. The zero-order chi connectivity index (χ0) is 19.4. The van der Waals surface area contributed by atoms with Gasteiger partial charge in [-0.2, -0.15) is 0 Å². The molecule has 3 rings (SSSR count). The van der Waals surface area contributed by atoms with Crippen molar-refractivity contribution < 1.29 is 9.53 Å². The molecule has 8 nitrogen and oxygen atoms in total. The predicted octanol–water partition coefficient (Wildman–Crippen LogP) is 1.85. The third kappa shape index (κ3) is 4.19. The molecule has 0 fully saturated rings. The number of carbonyl (C=O) groups is 1. The van der Waals surface area contributed by atoms with Crippen molar-refractivity contribution in [1.29, 1.82) is 0 Å². The number of ether oxygens (including phenoxy) is 1. The molecule has 0 bridgehead atoms. The topological polar surface area (TPSA) is 90.5 Å². The number of amides is 1. The van der Waals surface area contributed by atoms with E-state index in [0.717, 1.165) is 11.3 Å². The predicted molar refractivity (Wildman–Crippen MR) is 105 cm³/mol. The number of carbonyl (C=O) groups excluding carboxylic acids is 1. The van der Waals surface area contributed by atoms with E-state index in [9.17, 15) is 9.59 Å². The summed E-state index contributed by atoms with van der Waals surface area (Å²) in [7, 11) is 1.60. The van der Waals surface area contributed by atoms with Gasteiger partial charge in [-0.1, -0.05) is 13.8 Å². The van der Waals surface area contributed by atoms with Crippen molar-refractivity contribution in [2.45, 2.75) is 39.7 Å². The number of nitrogens with one attached hydrogen (secondary N) is 1. The number of aryl methyl sites for hydroxylation is 1. The number of hydrogen-bond donors (Lipinski definition) is 1. The van der Waals surface area contributed by atoms with Crippen LogP contribution in [0.2, 0.25) is 0 Å². The number of fused-ring (bicyclic) bond motifs is 3. The standard InChI is InChI=1S/C18H25N5O3S/c1-12(2)11-22-17(25)16-13(7-10-27-16)23-14(20-21-18(22)23)5-4-6-15(24)19-8-9-26-3/h7,10,12H,4-6,8-9,11H2,1-3H3,(H,19,24). The summed E-state index contributed by atoms with van der Waals surface area (Å²) in [5.74, 6) is 1.66. The summed E-state index contributed by atoms with van der Waals surface area (Å²) in [6.07, 6.45) is 1.69. The van der Waals surface area contributed by atoms with E-state index in [1.807, 2.05) is 15.8 Å². The Kier molecular flexibility index (Phi) is 6.22. The molecule has 0 unspecified atom stereocenters. The Balaban J connectivity index is 1.84. The molecule has 0 aliphatic carbocycles. The molecule has 3 aromatic heterocycles. The molecule has 9 heteroatoms. The lowest BCUT2D eigenvalue weighted by Crippen LogP contribution is -2.26. The van der Waals surface area contributed by atoms with E-state index in [-0.39, 0.29) is 11.5 Å². The summed E-state index contributed by atoms with van der Waals surface area (Å²) in [6.45, 7) is 5.75. The Morgan fingerprint density at radius 1 is 1.37 bits per heavy atom. The third-order valence-corrected chi connectivity index (χ3v) is 5.15. The van der Waals surface area contributed by atoms with Crippen LogP contribution in [-0.2, 0) is 22.5 Å². The van der Waals surface area contributed by atoms with Crippen LogP contribution in [0.3, 0.4) is 0 Å². The molecule has 0 aliphatic rings. The maximum absolute atomic E-state index is 12.8. The SMILES string of the molecule is COCCNC(=O)CCCc1nnc2n(CC(C)C)c(=O)c3sccc3n12. The van der Waals surface area contributed by atoms with E-state index in [2.05, 4.69) is 29.4 Å².